The van der Waals surface area contributed by atoms with E-state index in [1.54, 1.807) is 14.2 Å². The van der Waals surface area contributed by atoms with E-state index < -0.39 is 0 Å². The summed E-state index contributed by atoms with van der Waals surface area (Å²) in [4.78, 5) is 0. The zero-order valence-electron chi connectivity index (χ0n) is 11.9. The maximum atomic E-state index is 5.44. The smallest absolute Gasteiger partial charge is 0.160 e. The van der Waals surface area contributed by atoms with Crippen molar-refractivity contribution in [3.8, 4) is 11.5 Å². The molecule has 2 aliphatic rings. The second-order valence-electron chi connectivity index (χ2n) is 5.87. The molecule has 1 unspecified atom stereocenters. The fraction of sp³-hybridized carbons (Fsp3) is 0.625. The van der Waals surface area contributed by atoms with Gasteiger partial charge in [-0.2, -0.15) is 0 Å². The lowest BCUT2D eigenvalue weighted by molar-refractivity contribution is 0.293. The molecule has 3 heteroatoms. The third-order valence-electron chi connectivity index (χ3n) is 4.97. The summed E-state index contributed by atoms with van der Waals surface area (Å²) < 4.78 is 10.8. The third kappa shape index (κ3) is 2.10. The van der Waals surface area contributed by atoms with Crippen LogP contribution < -0.4 is 14.8 Å². The van der Waals surface area contributed by atoms with E-state index in [1.165, 1.54) is 37.8 Å². The first-order chi connectivity index (χ1) is 9.29. The lowest BCUT2D eigenvalue weighted by Gasteiger charge is -2.30. The summed E-state index contributed by atoms with van der Waals surface area (Å²) in [6.45, 7) is 2.27. The Morgan fingerprint density at radius 2 is 1.84 bits per heavy atom. The molecule has 1 aromatic carbocycles. The quantitative estimate of drug-likeness (QED) is 0.907. The molecule has 0 bridgehead atoms. The van der Waals surface area contributed by atoms with E-state index in [9.17, 15) is 0 Å². The van der Waals surface area contributed by atoms with Crippen LogP contribution in [0.15, 0.2) is 18.2 Å². The Hall–Kier alpha value is -1.22. The molecule has 19 heavy (non-hydrogen) atoms. The van der Waals surface area contributed by atoms with Crippen LogP contribution in [0.25, 0.3) is 0 Å². The minimum Gasteiger partial charge on any atom is -0.493 e. The monoisotopic (exact) mass is 261 g/mol. The Morgan fingerprint density at radius 3 is 2.53 bits per heavy atom. The van der Waals surface area contributed by atoms with Gasteiger partial charge in [0.1, 0.15) is 0 Å². The molecule has 0 radical (unpaired) electrons. The average Bonchev–Trinajstić information content (AvgIpc) is 3.09. The van der Waals surface area contributed by atoms with E-state index >= 15 is 0 Å². The van der Waals surface area contributed by atoms with Gasteiger partial charge in [-0.1, -0.05) is 18.9 Å². The Balaban J connectivity index is 1.93. The average molecular weight is 261 g/mol. The van der Waals surface area contributed by atoms with Crippen molar-refractivity contribution in [3.63, 3.8) is 0 Å². The predicted molar refractivity (Wildman–Crippen MR) is 76.1 cm³/mol. The number of hydrogen-bond donors (Lipinski definition) is 1. The number of ether oxygens (including phenoxy) is 2. The molecule has 2 fully saturated rings. The number of rotatable bonds is 3. The summed E-state index contributed by atoms with van der Waals surface area (Å²) in [7, 11) is 3.40. The van der Waals surface area contributed by atoms with Crippen LogP contribution in [-0.2, 0) is 0 Å². The molecule has 1 spiro atoms. The standard InChI is InChI=1S/C16H23NO2/c1-18-14-6-5-12(9-15(14)19-2)13-10-17-11-16(13)7-3-4-8-16/h5-6,9,13,17H,3-4,7-8,10-11H2,1-2H3. The SMILES string of the molecule is COc1ccc(C2CNCC23CCCC3)cc1OC. The molecule has 104 valence electrons. The molecule has 0 aromatic heterocycles. The number of hydrogen-bond acceptors (Lipinski definition) is 3. The largest absolute Gasteiger partial charge is 0.493 e. The fourth-order valence-electron chi connectivity index (χ4n) is 3.95. The number of benzene rings is 1. The molecule has 1 aliphatic heterocycles. The highest BCUT2D eigenvalue weighted by Gasteiger charge is 2.45. The molecule has 0 amide bonds. The van der Waals surface area contributed by atoms with Crippen molar-refractivity contribution in [2.45, 2.75) is 31.6 Å². The Bertz CT molecular complexity index is 447. The van der Waals surface area contributed by atoms with E-state index in [1.807, 2.05) is 6.07 Å². The summed E-state index contributed by atoms with van der Waals surface area (Å²) in [5.41, 5.74) is 1.88. The van der Waals surface area contributed by atoms with E-state index in [-0.39, 0.29) is 0 Å². The zero-order valence-corrected chi connectivity index (χ0v) is 11.9. The molecule has 1 atom stereocenters. The Kier molecular flexibility index (Phi) is 3.40. The number of methoxy groups -OCH3 is 2. The van der Waals surface area contributed by atoms with Gasteiger partial charge >= 0.3 is 0 Å². The first-order valence-electron chi connectivity index (χ1n) is 7.22. The van der Waals surface area contributed by atoms with Gasteiger partial charge in [-0.15, -0.1) is 0 Å². The summed E-state index contributed by atoms with van der Waals surface area (Å²) >= 11 is 0. The predicted octanol–water partition coefficient (Wildman–Crippen LogP) is 2.95. The summed E-state index contributed by atoms with van der Waals surface area (Å²) in [6, 6.07) is 6.41. The van der Waals surface area contributed by atoms with E-state index in [4.69, 9.17) is 9.47 Å². The molecule has 1 saturated carbocycles. The molecule has 3 nitrogen and oxygen atoms in total. The highest BCUT2D eigenvalue weighted by atomic mass is 16.5. The van der Waals surface area contributed by atoms with Crippen LogP contribution in [0, 0.1) is 5.41 Å². The van der Waals surface area contributed by atoms with Crippen LogP contribution in [0.4, 0.5) is 0 Å². The highest BCUT2D eigenvalue weighted by Crippen LogP contribution is 2.51. The van der Waals surface area contributed by atoms with Crippen LogP contribution in [0.3, 0.4) is 0 Å². The summed E-state index contributed by atoms with van der Waals surface area (Å²) in [5.74, 6) is 2.28. The molecular weight excluding hydrogens is 238 g/mol. The van der Waals surface area contributed by atoms with E-state index in [2.05, 4.69) is 17.4 Å². The minimum atomic E-state index is 0.486. The Morgan fingerprint density at radius 1 is 1.11 bits per heavy atom. The van der Waals surface area contributed by atoms with Crippen LogP contribution in [0.5, 0.6) is 11.5 Å². The highest BCUT2D eigenvalue weighted by molar-refractivity contribution is 5.44. The van der Waals surface area contributed by atoms with Gasteiger partial charge in [0.05, 0.1) is 14.2 Å². The third-order valence-corrected chi connectivity index (χ3v) is 4.97. The molecule has 1 aliphatic carbocycles. The van der Waals surface area contributed by atoms with Crippen LogP contribution >= 0.6 is 0 Å². The van der Waals surface area contributed by atoms with Crippen LogP contribution in [0.2, 0.25) is 0 Å². The topological polar surface area (TPSA) is 30.5 Å². The lowest BCUT2D eigenvalue weighted by atomic mass is 9.73. The maximum Gasteiger partial charge on any atom is 0.160 e. The van der Waals surface area contributed by atoms with E-state index in [0.717, 1.165) is 18.0 Å². The minimum absolute atomic E-state index is 0.486. The lowest BCUT2D eigenvalue weighted by Crippen LogP contribution is -2.25. The van der Waals surface area contributed by atoms with Gasteiger partial charge in [-0.05, 0) is 36.0 Å². The second-order valence-corrected chi connectivity index (χ2v) is 5.87. The summed E-state index contributed by atoms with van der Waals surface area (Å²) in [6.07, 6.45) is 5.48. The Labute approximate surface area is 115 Å². The molecular formula is C16H23NO2. The van der Waals surface area contributed by atoms with Gasteiger partial charge in [0, 0.05) is 19.0 Å². The van der Waals surface area contributed by atoms with Gasteiger partial charge in [0.15, 0.2) is 11.5 Å². The van der Waals surface area contributed by atoms with Crippen LogP contribution in [0.1, 0.15) is 37.2 Å². The normalized spacial score (nSPS) is 24.8. The van der Waals surface area contributed by atoms with Gasteiger partial charge in [-0.25, -0.2) is 0 Å². The second kappa shape index (κ2) is 5.04. The number of nitrogens with one attached hydrogen (secondary N) is 1. The van der Waals surface area contributed by atoms with Crippen molar-refractivity contribution < 1.29 is 9.47 Å². The zero-order chi connectivity index (χ0) is 13.3. The van der Waals surface area contributed by atoms with Crippen molar-refractivity contribution in [3.05, 3.63) is 23.8 Å². The van der Waals surface area contributed by atoms with Gasteiger partial charge in [0.25, 0.3) is 0 Å². The van der Waals surface area contributed by atoms with Crippen molar-refractivity contribution in [1.29, 1.82) is 0 Å². The maximum absolute atomic E-state index is 5.44. The summed E-state index contributed by atoms with van der Waals surface area (Å²) in [5, 5.41) is 3.60. The molecule has 1 aromatic rings. The van der Waals surface area contributed by atoms with Gasteiger partial charge in [-0.3, -0.25) is 0 Å². The molecule has 1 N–H and O–H groups in total. The van der Waals surface area contributed by atoms with E-state index in [0.29, 0.717) is 11.3 Å². The van der Waals surface area contributed by atoms with Crippen molar-refractivity contribution in [2.75, 3.05) is 27.3 Å². The molecule has 3 rings (SSSR count). The van der Waals surface area contributed by atoms with Crippen molar-refractivity contribution in [1.82, 2.24) is 5.32 Å². The molecule has 1 saturated heterocycles. The van der Waals surface area contributed by atoms with Crippen molar-refractivity contribution >= 4 is 0 Å². The first kappa shape index (κ1) is 12.8. The van der Waals surface area contributed by atoms with Crippen LogP contribution in [-0.4, -0.2) is 27.3 Å². The first-order valence-corrected chi connectivity index (χ1v) is 7.22. The van der Waals surface area contributed by atoms with Gasteiger partial charge < -0.3 is 14.8 Å². The molecule has 1 heterocycles. The van der Waals surface area contributed by atoms with Gasteiger partial charge in [0.2, 0.25) is 0 Å². The fourth-order valence-corrected chi connectivity index (χ4v) is 3.95. The van der Waals surface area contributed by atoms with Crippen molar-refractivity contribution in [2.24, 2.45) is 5.41 Å².